The third-order valence-corrected chi connectivity index (χ3v) is 3.07. The Balaban J connectivity index is 2.19. The summed E-state index contributed by atoms with van der Waals surface area (Å²) in [5.74, 6) is -1.18. The van der Waals surface area contributed by atoms with Crippen molar-refractivity contribution in [2.75, 3.05) is 24.5 Å². The number of nitrogens with two attached hydrogens (primary N) is 1. The molecule has 1 aliphatic heterocycles. The molecule has 0 aromatic heterocycles. The van der Waals surface area contributed by atoms with E-state index in [1.165, 1.54) is 23.1 Å². The van der Waals surface area contributed by atoms with Crippen LogP contribution >= 0.6 is 0 Å². The van der Waals surface area contributed by atoms with Gasteiger partial charge in [-0.2, -0.15) is 0 Å². The van der Waals surface area contributed by atoms with Crippen molar-refractivity contribution in [3.63, 3.8) is 0 Å². The molecule has 0 atom stereocenters. The Morgan fingerprint density at radius 2 is 2.24 bits per heavy atom. The van der Waals surface area contributed by atoms with Gasteiger partial charge in [-0.1, -0.05) is 0 Å². The molecule has 3 amide bonds. The maximum absolute atomic E-state index is 13.8. The van der Waals surface area contributed by atoms with Crippen molar-refractivity contribution in [3.05, 3.63) is 29.6 Å². The lowest BCUT2D eigenvalue weighted by Gasteiger charge is -2.20. The van der Waals surface area contributed by atoms with Crippen LogP contribution in [0.1, 0.15) is 24.2 Å². The van der Waals surface area contributed by atoms with Gasteiger partial charge in [0, 0.05) is 30.9 Å². The minimum Gasteiger partial charge on any atom is -0.350 e. The fourth-order valence-corrected chi connectivity index (χ4v) is 1.98. The Bertz CT molecular complexity index is 569. The molecule has 6 nitrogen and oxygen atoms in total. The number of nitrogens with one attached hydrogen (secondary N) is 2. The van der Waals surface area contributed by atoms with Gasteiger partial charge in [-0.3, -0.25) is 9.69 Å². The summed E-state index contributed by atoms with van der Waals surface area (Å²) in [6, 6.07) is 3.78. The van der Waals surface area contributed by atoms with E-state index in [0.29, 0.717) is 18.8 Å². The maximum Gasteiger partial charge on any atom is 0.321 e. The molecule has 4 N–H and O–H groups in total. The highest BCUT2D eigenvalue weighted by molar-refractivity contribution is 5.98. The summed E-state index contributed by atoms with van der Waals surface area (Å²) in [6.45, 7) is 4.75. The zero-order chi connectivity index (χ0) is 15.6. The zero-order valence-electron chi connectivity index (χ0n) is 12.1. The van der Waals surface area contributed by atoms with Crippen LogP contribution in [0.2, 0.25) is 0 Å². The fraction of sp³-hybridized carbons (Fsp3) is 0.429. The molecule has 114 valence electrons. The van der Waals surface area contributed by atoms with Crippen molar-refractivity contribution in [2.45, 2.75) is 19.4 Å². The third-order valence-electron chi connectivity index (χ3n) is 3.07. The number of hydrogen-bond donors (Lipinski definition) is 3. The maximum atomic E-state index is 13.8. The average Bonchev–Trinajstić information content (AvgIpc) is 2.82. The summed E-state index contributed by atoms with van der Waals surface area (Å²) in [5, 5.41) is 5.24. The number of rotatable bonds is 4. The summed E-state index contributed by atoms with van der Waals surface area (Å²) < 4.78 is 13.8. The van der Waals surface area contributed by atoms with Crippen LogP contribution in [0.15, 0.2) is 18.2 Å². The molecule has 0 radical (unpaired) electrons. The number of anilines is 1. The van der Waals surface area contributed by atoms with Crippen LogP contribution in [0.4, 0.5) is 14.9 Å². The van der Waals surface area contributed by atoms with Crippen LogP contribution in [0, 0.1) is 5.82 Å². The molecule has 7 heteroatoms. The van der Waals surface area contributed by atoms with E-state index in [0.717, 1.165) is 0 Å². The molecule has 0 spiro atoms. The van der Waals surface area contributed by atoms with Gasteiger partial charge in [0.25, 0.3) is 5.91 Å². The second-order valence-electron chi connectivity index (χ2n) is 5.72. The second-order valence-corrected chi connectivity index (χ2v) is 5.72. The topological polar surface area (TPSA) is 87.5 Å². The van der Waals surface area contributed by atoms with Gasteiger partial charge in [-0.05, 0) is 32.0 Å². The molecule has 0 aliphatic carbocycles. The number of carbonyl (C=O) groups is 2. The van der Waals surface area contributed by atoms with E-state index in [4.69, 9.17) is 5.73 Å². The van der Waals surface area contributed by atoms with E-state index in [-0.39, 0.29) is 18.1 Å². The molecule has 0 saturated carbocycles. The Hall–Kier alpha value is -2.15. The van der Waals surface area contributed by atoms with E-state index in [1.807, 2.05) is 0 Å². The van der Waals surface area contributed by atoms with E-state index in [9.17, 15) is 14.0 Å². The van der Waals surface area contributed by atoms with Crippen molar-refractivity contribution in [1.29, 1.82) is 0 Å². The standard InChI is InChI=1S/C14H19FN4O2/c1-14(2,16)8-18-12(20)10-7-9(3-4-11(10)15)19-6-5-17-13(19)21/h3-4,7H,5-6,8,16H2,1-2H3,(H,17,21)(H,18,20). The summed E-state index contributed by atoms with van der Waals surface area (Å²) in [6.07, 6.45) is 0. The van der Waals surface area contributed by atoms with Crippen molar-refractivity contribution in [3.8, 4) is 0 Å². The highest BCUT2D eigenvalue weighted by Gasteiger charge is 2.23. The van der Waals surface area contributed by atoms with Crippen LogP contribution < -0.4 is 21.3 Å². The molecule has 1 aromatic carbocycles. The lowest BCUT2D eigenvalue weighted by atomic mass is 10.1. The van der Waals surface area contributed by atoms with Gasteiger partial charge in [0.05, 0.1) is 5.56 Å². The highest BCUT2D eigenvalue weighted by Crippen LogP contribution is 2.20. The van der Waals surface area contributed by atoms with Gasteiger partial charge >= 0.3 is 6.03 Å². The van der Waals surface area contributed by atoms with Crippen LogP contribution in [0.5, 0.6) is 0 Å². The predicted molar refractivity (Wildman–Crippen MR) is 77.7 cm³/mol. The molecule has 1 heterocycles. The predicted octanol–water partition coefficient (Wildman–Crippen LogP) is 0.822. The van der Waals surface area contributed by atoms with E-state index >= 15 is 0 Å². The van der Waals surface area contributed by atoms with Crippen LogP contribution in [-0.4, -0.2) is 37.1 Å². The van der Waals surface area contributed by atoms with Crippen LogP contribution in [0.25, 0.3) is 0 Å². The first-order valence-corrected chi connectivity index (χ1v) is 6.70. The van der Waals surface area contributed by atoms with Gasteiger partial charge in [0.15, 0.2) is 0 Å². The second kappa shape index (κ2) is 5.69. The summed E-state index contributed by atoms with van der Waals surface area (Å²) in [7, 11) is 0. The Labute approximate surface area is 122 Å². The van der Waals surface area contributed by atoms with Crippen molar-refractivity contribution >= 4 is 17.6 Å². The first-order chi connectivity index (χ1) is 9.78. The lowest BCUT2D eigenvalue weighted by Crippen LogP contribution is -2.45. The Morgan fingerprint density at radius 1 is 1.52 bits per heavy atom. The lowest BCUT2D eigenvalue weighted by molar-refractivity contribution is 0.0942. The molecule has 2 rings (SSSR count). The molecule has 1 saturated heterocycles. The Morgan fingerprint density at radius 3 is 2.81 bits per heavy atom. The molecule has 21 heavy (non-hydrogen) atoms. The van der Waals surface area contributed by atoms with Crippen LogP contribution in [0.3, 0.4) is 0 Å². The Kier molecular flexibility index (Phi) is 4.13. The number of benzene rings is 1. The number of amides is 3. The molecule has 1 fully saturated rings. The molecule has 1 aliphatic rings. The first kappa shape index (κ1) is 15.2. The largest absolute Gasteiger partial charge is 0.350 e. The summed E-state index contributed by atoms with van der Waals surface area (Å²) in [4.78, 5) is 25.1. The minimum absolute atomic E-state index is 0.101. The third kappa shape index (κ3) is 3.69. The van der Waals surface area contributed by atoms with E-state index in [2.05, 4.69) is 10.6 Å². The number of nitrogens with zero attached hydrogens (tertiary/aromatic N) is 1. The van der Waals surface area contributed by atoms with Gasteiger partial charge in [-0.15, -0.1) is 0 Å². The monoisotopic (exact) mass is 294 g/mol. The van der Waals surface area contributed by atoms with Gasteiger partial charge in [0.1, 0.15) is 5.82 Å². The number of hydrogen-bond acceptors (Lipinski definition) is 3. The zero-order valence-corrected chi connectivity index (χ0v) is 12.1. The minimum atomic E-state index is -0.634. The van der Waals surface area contributed by atoms with Gasteiger partial charge < -0.3 is 16.4 Å². The molecular formula is C14H19FN4O2. The van der Waals surface area contributed by atoms with Crippen LogP contribution in [-0.2, 0) is 0 Å². The molecule has 0 bridgehead atoms. The van der Waals surface area contributed by atoms with E-state index < -0.39 is 17.3 Å². The smallest absolute Gasteiger partial charge is 0.321 e. The normalized spacial score (nSPS) is 15.0. The molecule has 1 aromatic rings. The van der Waals surface area contributed by atoms with Gasteiger partial charge in [0.2, 0.25) is 0 Å². The summed E-state index contributed by atoms with van der Waals surface area (Å²) in [5.41, 5.74) is 5.58. The fourth-order valence-electron chi connectivity index (χ4n) is 1.98. The molecular weight excluding hydrogens is 275 g/mol. The van der Waals surface area contributed by atoms with Crippen molar-refractivity contribution < 1.29 is 14.0 Å². The quantitative estimate of drug-likeness (QED) is 0.768. The summed E-state index contributed by atoms with van der Waals surface area (Å²) >= 11 is 0. The van der Waals surface area contributed by atoms with Crippen molar-refractivity contribution in [2.24, 2.45) is 5.73 Å². The number of carbonyl (C=O) groups excluding carboxylic acids is 2. The molecule has 0 unspecified atom stereocenters. The van der Waals surface area contributed by atoms with Crippen molar-refractivity contribution in [1.82, 2.24) is 10.6 Å². The van der Waals surface area contributed by atoms with E-state index in [1.54, 1.807) is 13.8 Å². The SMILES string of the molecule is CC(C)(N)CNC(=O)c1cc(N2CCNC2=O)ccc1F. The highest BCUT2D eigenvalue weighted by atomic mass is 19.1. The first-order valence-electron chi connectivity index (χ1n) is 6.70. The number of urea groups is 1. The average molecular weight is 294 g/mol. The van der Waals surface area contributed by atoms with Gasteiger partial charge in [-0.25, -0.2) is 9.18 Å². The number of halogens is 1.